The van der Waals surface area contributed by atoms with Gasteiger partial charge in [-0.1, -0.05) is 42.5 Å². The van der Waals surface area contributed by atoms with Crippen LogP contribution < -0.4 is 9.47 Å². The number of benzene rings is 2. The van der Waals surface area contributed by atoms with Crippen LogP contribution in [0.2, 0.25) is 0 Å². The zero-order chi connectivity index (χ0) is 22.5. The first kappa shape index (κ1) is 21.9. The molecule has 2 aliphatic rings. The average Bonchev–Trinajstić information content (AvgIpc) is 3.35. The molecule has 33 heavy (non-hydrogen) atoms. The molecule has 1 aromatic heterocycles. The van der Waals surface area contributed by atoms with Crippen LogP contribution in [0.15, 0.2) is 73.1 Å². The molecule has 1 atom stereocenters. The Labute approximate surface area is 197 Å². The lowest BCUT2D eigenvalue weighted by molar-refractivity contribution is 0.0948. The van der Waals surface area contributed by atoms with E-state index in [0.29, 0.717) is 18.8 Å². The zero-order valence-corrected chi connectivity index (χ0v) is 19.4. The van der Waals surface area contributed by atoms with Gasteiger partial charge in [0.1, 0.15) is 0 Å². The summed E-state index contributed by atoms with van der Waals surface area (Å²) in [6.45, 7) is 4.44. The van der Waals surface area contributed by atoms with E-state index in [0.717, 1.165) is 44.1 Å². The van der Waals surface area contributed by atoms with Crippen molar-refractivity contribution in [2.75, 3.05) is 26.9 Å². The summed E-state index contributed by atoms with van der Waals surface area (Å²) in [5, 5.41) is 0. The van der Waals surface area contributed by atoms with Gasteiger partial charge in [0.2, 0.25) is 6.79 Å². The first-order valence-electron chi connectivity index (χ1n) is 12.0. The number of likely N-dealkylation sites (N-methyl/N-ethyl adjacent to an activating group) is 1. The Morgan fingerprint density at radius 3 is 2.52 bits per heavy atom. The van der Waals surface area contributed by atoms with Crippen molar-refractivity contribution in [3.8, 4) is 11.5 Å². The van der Waals surface area contributed by atoms with Crippen LogP contribution in [0.25, 0.3) is 0 Å². The molecule has 0 aliphatic carbocycles. The Morgan fingerprint density at radius 1 is 0.939 bits per heavy atom. The summed E-state index contributed by atoms with van der Waals surface area (Å²) >= 11 is 0. The van der Waals surface area contributed by atoms with E-state index in [9.17, 15) is 0 Å². The van der Waals surface area contributed by atoms with Gasteiger partial charge in [0.15, 0.2) is 11.5 Å². The van der Waals surface area contributed by atoms with Gasteiger partial charge in [0.05, 0.1) is 0 Å². The molecule has 0 saturated carbocycles. The molecule has 1 fully saturated rings. The molecule has 0 bridgehead atoms. The van der Waals surface area contributed by atoms with Crippen molar-refractivity contribution in [1.29, 1.82) is 0 Å². The molecule has 1 saturated heterocycles. The number of likely N-dealkylation sites (tertiary alicyclic amines) is 1. The van der Waals surface area contributed by atoms with E-state index in [2.05, 4.69) is 76.4 Å². The van der Waals surface area contributed by atoms with E-state index in [1.165, 1.54) is 29.5 Å². The van der Waals surface area contributed by atoms with Crippen molar-refractivity contribution in [3.05, 3.63) is 89.7 Å². The molecule has 3 heterocycles. The number of aromatic nitrogens is 1. The fraction of sp³-hybridized carbons (Fsp3) is 0.393. The first-order valence-corrected chi connectivity index (χ1v) is 12.0. The summed E-state index contributed by atoms with van der Waals surface area (Å²) in [6, 6.07) is 21.9. The van der Waals surface area contributed by atoms with Crippen molar-refractivity contribution >= 4 is 0 Å². The quantitative estimate of drug-likeness (QED) is 0.502. The number of pyridine rings is 1. The SMILES string of the molecule is CN(Cc1ccncc1)[C@@H](Cc1ccccc1)C1CCN(Cc2cccc3c2OCO3)CC1. The molecule has 0 radical (unpaired) electrons. The number of rotatable bonds is 8. The molecule has 172 valence electrons. The summed E-state index contributed by atoms with van der Waals surface area (Å²) in [5.74, 6) is 2.48. The third kappa shape index (κ3) is 5.37. The number of fused-ring (bicyclic) bond motifs is 1. The first-order chi connectivity index (χ1) is 16.3. The van der Waals surface area contributed by atoms with Gasteiger partial charge in [0.25, 0.3) is 0 Å². The molecule has 5 heteroatoms. The van der Waals surface area contributed by atoms with Crippen LogP contribution in [0.4, 0.5) is 0 Å². The van der Waals surface area contributed by atoms with Crippen molar-refractivity contribution in [2.45, 2.75) is 38.4 Å². The summed E-state index contributed by atoms with van der Waals surface area (Å²) in [6.07, 6.45) is 7.30. The normalized spacial score (nSPS) is 17.4. The highest BCUT2D eigenvalue weighted by molar-refractivity contribution is 5.48. The van der Waals surface area contributed by atoms with Gasteiger partial charge < -0.3 is 9.47 Å². The number of hydrogen-bond donors (Lipinski definition) is 0. The number of para-hydroxylation sites is 1. The molecular formula is C28H33N3O2. The average molecular weight is 444 g/mol. The number of piperidine rings is 1. The van der Waals surface area contributed by atoms with E-state index in [4.69, 9.17) is 9.47 Å². The minimum atomic E-state index is 0.333. The molecule has 2 aromatic carbocycles. The van der Waals surface area contributed by atoms with E-state index in [-0.39, 0.29) is 0 Å². The monoisotopic (exact) mass is 443 g/mol. The summed E-state index contributed by atoms with van der Waals surface area (Å²) in [5.41, 5.74) is 3.98. The second kappa shape index (κ2) is 10.4. The maximum Gasteiger partial charge on any atom is 0.231 e. The lowest BCUT2D eigenvalue weighted by atomic mass is 9.84. The summed E-state index contributed by atoms with van der Waals surface area (Å²) in [4.78, 5) is 9.30. The van der Waals surface area contributed by atoms with Crippen LogP contribution in [0.3, 0.4) is 0 Å². The highest BCUT2D eigenvalue weighted by atomic mass is 16.7. The third-order valence-electron chi connectivity index (χ3n) is 7.08. The molecule has 0 unspecified atom stereocenters. The fourth-order valence-electron chi connectivity index (χ4n) is 5.28. The van der Waals surface area contributed by atoms with E-state index in [1.807, 2.05) is 18.5 Å². The van der Waals surface area contributed by atoms with E-state index < -0.39 is 0 Å². The maximum absolute atomic E-state index is 5.72. The van der Waals surface area contributed by atoms with Crippen molar-refractivity contribution < 1.29 is 9.47 Å². The van der Waals surface area contributed by atoms with Gasteiger partial charge in [-0.2, -0.15) is 0 Å². The molecule has 0 amide bonds. The van der Waals surface area contributed by atoms with Crippen molar-refractivity contribution in [2.24, 2.45) is 5.92 Å². The highest BCUT2D eigenvalue weighted by Gasteiger charge is 2.30. The van der Waals surface area contributed by atoms with Gasteiger partial charge in [-0.05, 0) is 74.6 Å². The van der Waals surface area contributed by atoms with Gasteiger partial charge in [-0.3, -0.25) is 14.8 Å². The molecule has 5 rings (SSSR count). The number of nitrogens with zero attached hydrogens (tertiary/aromatic N) is 3. The Kier molecular flexibility index (Phi) is 6.89. The van der Waals surface area contributed by atoms with Crippen LogP contribution in [0.5, 0.6) is 11.5 Å². The van der Waals surface area contributed by atoms with Gasteiger partial charge >= 0.3 is 0 Å². The maximum atomic E-state index is 5.72. The topological polar surface area (TPSA) is 37.8 Å². The molecule has 0 spiro atoms. The summed E-state index contributed by atoms with van der Waals surface area (Å²) in [7, 11) is 2.28. The molecule has 0 N–H and O–H groups in total. The molecule has 3 aromatic rings. The fourth-order valence-corrected chi connectivity index (χ4v) is 5.28. The Bertz CT molecular complexity index is 1020. The van der Waals surface area contributed by atoms with Crippen LogP contribution in [-0.4, -0.2) is 47.8 Å². The van der Waals surface area contributed by atoms with Crippen molar-refractivity contribution in [3.63, 3.8) is 0 Å². The van der Waals surface area contributed by atoms with Gasteiger partial charge in [-0.15, -0.1) is 0 Å². The Morgan fingerprint density at radius 2 is 1.73 bits per heavy atom. The standard InChI is InChI=1S/C28H33N3O2/c1-30(19-23-10-14-29-15-11-23)26(18-22-6-3-2-4-7-22)24-12-16-31(17-13-24)20-25-8-5-9-27-28(25)33-21-32-27/h2-11,14-15,24,26H,12-13,16-21H2,1H3/t26-/m0/s1. The third-order valence-corrected chi connectivity index (χ3v) is 7.08. The van der Waals surface area contributed by atoms with Crippen molar-refractivity contribution in [1.82, 2.24) is 14.8 Å². The minimum absolute atomic E-state index is 0.333. The lowest BCUT2D eigenvalue weighted by Gasteiger charge is -2.40. The number of ether oxygens (including phenoxy) is 2. The Balaban J connectivity index is 1.25. The summed E-state index contributed by atoms with van der Waals surface area (Å²) < 4.78 is 11.3. The van der Waals surface area contributed by atoms with Crippen LogP contribution in [0, 0.1) is 5.92 Å². The predicted octanol–water partition coefficient (Wildman–Crippen LogP) is 4.77. The van der Waals surface area contributed by atoms with Gasteiger partial charge in [-0.25, -0.2) is 0 Å². The van der Waals surface area contributed by atoms with Crippen LogP contribution in [0.1, 0.15) is 29.5 Å². The highest BCUT2D eigenvalue weighted by Crippen LogP contribution is 2.36. The minimum Gasteiger partial charge on any atom is -0.454 e. The predicted molar refractivity (Wildman–Crippen MR) is 130 cm³/mol. The molecular weight excluding hydrogens is 410 g/mol. The van der Waals surface area contributed by atoms with E-state index in [1.54, 1.807) is 0 Å². The second-order valence-electron chi connectivity index (χ2n) is 9.29. The smallest absolute Gasteiger partial charge is 0.231 e. The zero-order valence-electron chi connectivity index (χ0n) is 19.4. The van der Waals surface area contributed by atoms with Crippen LogP contribution >= 0.6 is 0 Å². The molecule has 2 aliphatic heterocycles. The second-order valence-corrected chi connectivity index (χ2v) is 9.29. The van der Waals surface area contributed by atoms with Gasteiger partial charge in [0, 0.05) is 37.1 Å². The largest absolute Gasteiger partial charge is 0.454 e. The Hall–Kier alpha value is -2.89. The molecule has 5 nitrogen and oxygen atoms in total. The lowest BCUT2D eigenvalue weighted by Crippen LogP contribution is -2.44. The number of hydrogen-bond acceptors (Lipinski definition) is 5. The van der Waals surface area contributed by atoms with Crippen LogP contribution in [-0.2, 0) is 19.5 Å². The van der Waals surface area contributed by atoms with E-state index >= 15 is 0 Å².